The van der Waals surface area contributed by atoms with Crippen molar-refractivity contribution in [3.05, 3.63) is 61.4 Å². The molecule has 0 aromatic carbocycles. The van der Waals surface area contributed by atoms with Crippen molar-refractivity contribution in [2.75, 3.05) is 83.3 Å². The van der Waals surface area contributed by atoms with Crippen LogP contribution < -0.4 is 0 Å². The third-order valence-electron chi connectivity index (χ3n) is 12.7. The molecule has 0 fully saturated rings. The van der Waals surface area contributed by atoms with Crippen molar-refractivity contribution in [2.24, 2.45) is 0 Å². The van der Waals surface area contributed by atoms with Gasteiger partial charge in [-0.05, 0) is 77.2 Å². The topological polar surface area (TPSA) is 179 Å². The lowest BCUT2D eigenvalue weighted by molar-refractivity contribution is -0.248. The molecule has 0 amide bonds. The number of rotatable bonds is 54. The van der Waals surface area contributed by atoms with E-state index in [0.717, 1.165) is 127 Å². The van der Waals surface area contributed by atoms with Gasteiger partial charge in [-0.3, -0.25) is 0 Å². The van der Waals surface area contributed by atoms with E-state index in [-0.39, 0.29) is 0 Å². The highest BCUT2D eigenvalue weighted by Gasteiger charge is 2.36. The van der Waals surface area contributed by atoms with Gasteiger partial charge in [0.2, 0.25) is 0 Å². The Kier molecular flexibility index (Phi) is 73.1. The Morgan fingerprint density at radius 2 is 0.662 bits per heavy atom. The molecule has 80 heavy (non-hydrogen) atoms. The van der Waals surface area contributed by atoms with E-state index >= 15 is 0 Å². The maximum absolute atomic E-state index is 11.8. The molecule has 0 aromatic heterocycles. The van der Waals surface area contributed by atoms with Gasteiger partial charge in [0, 0.05) is 73.0 Å². The van der Waals surface area contributed by atoms with Gasteiger partial charge >= 0.3 is 42.0 Å². The smallest absolute Gasteiger partial charge is 0.463 e. The van der Waals surface area contributed by atoms with E-state index in [1.54, 1.807) is 42.7 Å². The van der Waals surface area contributed by atoms with Gasteiger partial charge in [0.1, 0.15) is 0 Å². The minimum atomic E-state index is -2.41. The third-order valence-corrected chi connectivity index (χ3v) is 17.9. The summed E-state index contributed by atoms with van der Waals surface area (Å²) in [6, 6.07) is 0.862. The summed E-state index contributed by atoms with van der Waals surface area (Å²) in [5, 5.41) is 1.30. The van der Waals surface area contributed by atoms with Crippen molar-refractivity contribution in [2.45, 2.75) is 224 Å². The Morgan fingerprint density at radius 1 is 0.400 bits per heavy atom. The van der Waals surface area contributed by atoms with Crippen molar-refractivity contribution >= 4 is 51.7 Å². The predicted molar refractivity (Wildman–Crippen MR) is 332 cm³/mol. The summed E-state index contributed by atoms with van der Waals surface area (Å²) < 4.78 is 51.7. The molecule has 0 heterocycles. The van der Waals surface area contributed by atoms with Gasteiger partial charge in [-0.2, -0.15) is 0 Å². The van der Waals surface area contributed by atoms with Crippen LogP contribution in [0.4, 0.5) is 0 Å². The number of ether oxygens (including phenoxy) is 4. The van der Waals surface area contributed by atoms with E-state index in [0.29, 0.717) is 26.4 Å². The summed E-state index contributed by atoms with van der Waals surface area (Å²) in [5.74, 6) is -1.94. The summed E-state index contributed by atoms with van der Waals surface area (Å²) in [6.07, 6.45) is 46.0. The Labute approximate surface area is 493 Å². The van der Waals surface area contributed by atoms with Crippen LogP contribution in [-0.4, -0.2) is 135 Å². The van der Waals surface area contributed by atoms with Crippen LogP contribution in [0.5, 0.6) is 0 Å². The molecule has 0 rings (SSSR count). The lowest BCUT2D eigenvalue weighted by Gasteiger charge is -2.24. The average Bonchev–Trinajstić information content (AvgIpc) is 3.47. The standard InChI is InChI=1S/C30H58O8Si2.C26H44O4.C3H10O2Si.C2H6O2/c1-28(39-33-2)22-18-14-10-9-12-16-20-26-38-30(32)24-23-29(31)37-25-19-15-11-7-6-8-13-17-21-27-40(34-3,35-4)36-5;1-3-5-7-9-11-13-15-17-19-23-29-25(27)21-22-26(28)30-24-20-18-16-14-12-10-8-6-4-2;1-4-6(3)5-2;1-3-4-2/h23-24H,1,6-22,25-27,39H2,2-5H3;3-4,21-22H,1-2,5-20,23-24H2;6H,1-3H3;1-2H3/b24-23+;22-21-;;. The van der Waals surface area contributed by atoms with Crippen LogP contribution in [0.25, 0.3) is 0 Å². The molecule has 0 aliphatic heterocycles. The van der Waals surface area contributed by atoms with Crippen LogP contribution in [0.15, 0.2) is 61.4 Å². The van der Waals surface area contributed by atoms with Gasteiger partial charge in [0.25, 0.3) is 0 Å². The predicted octanol–water partition coefficient (Wildman–Crippen LogP) is 13.9. The molecule has 0 spiro atoms. The number of hydrogen-bond acceptors (Lipinski definition) is 16. The first-order valence-electron chi connectivity index (χ1n) is 30.0. The van der Waals surface area contributed by atoms with Crippen LogP contribution in [0.2, 0.25) is 12.6 Å². The molecule has 0 saturated heterocycles. The summed E-state index contributed by atoms with van der Waals surface area (Å²) in [7, 11) is 8.90. The lowest BCUT2D eigenvalue weighted by Crippen LogP contribution is -2.42. The molecule has 16 nitrogen and oxygen atoms in total. The molecule has 0 aliphatic carbocycles. The Balaban J connectivity index is -0.000000632. The fourth-order valence-electron chi connectivity index (χ4n) is 7.68. The van der Waals surface area contributed by atoms with Gasteiger partial charge in [-0.15, -0.1) is 19.7 Å². The number of carbonyl (C=O) groups excluding carboxylic acids is 4. The third kappa shape index (κ3) is 69.2. The maximum atomic E-state index is 11.8. The van der Waals surface area contributed by atoms with E-state index in [4.69, 9.17) is 45.5 Å². The molecule has 0 unspecified atom stereocenters. The fraction of sp³-hybridized carbons (Fsp3) is 0.770. The number of unbranched alkanes of at least 4 members (excludes halogenated alkanes) is 28. The molecular weight excluding hydrogens is 1070 g/mol. The van der Waals surface area contributed by atoms with Gasteiger partial charge in [0.05, 0.1) is 40.6 Å². The lowest BCUT2D eigenvalue weighted by atomic mass is 10.1. The van der Waals surface area contributed by atoms with Crippen molar-refractivity contribution in [3.8, 4) is 0 Å². The van der Waals surface area contributed by atoms with Crippen LogP contribution in [0, 0.1) is 0 Å². The second kappa shape index (κ2) is 70.2. The number of carbonyl (C=O) groups is 4. The number of allylic oxidation sites excluding steroid dienone is 3. The Hall–Kier alpha value is -3.09. The molecule has 0 N–H and O–H groups in total. The van der Waals surface area contributed by atoms with Gasteiger partial charge < -0.3 is 45.5 Å². The van der Waals surface area contributed by atoms with Crippen LogP contribution in [0.1, 0.15) is 212 Å². The molecular formula is C61H118O16Si3. The number of hydrogen-bond donors (Lipinski definition) is 0. The molecule has 0 aliphatic rings. The maximum Gasteiger partial charge on any atom is 0.500 e. The molecule has 0 aromatic rings. The zero-order valence-corrected chi connectivity index (χ0v) is 55.8. The van der Waals surface area contributed by atoms with E-state index in [2.05, 4.69) is 29.5 Å². The van der Waals surface area contributed by atoms with Gasteiger partial charge in [-0.25, -0.2) is 29.0 Å². The highest BCUT2D eigenvalue weighted by atomic mass is 28.4. The minimum Gasteiger partial charge on any atom is -0.463 e. The van der Waals surface area contributed by atoms with E-state index in [1.807, 2.05) is 18.7 Å². The highest BCUT2D eigenvalue weighted by Crippen LogP contribution is 2.19. The van der Waals surface area contributed by atoms with E-state index < -0.39 is 51.7 Å². The summed E-state index contributed by atoms with van der Waals surface area (Å²) in [5.41, 5.74) is 0. The normalized spacial score (nSPS) is 11.2. The first-order chi connectivity index (χ1) is 38.8. The first kappa shape index (κ1) is 83.4. The van der Waals surface area contributed by atoms with Gasteiger partial charge in [0.15, 0.2) is 9.76 Å². The van der Waals surface area contributed by atoms with E-state index in [9.17, 15) is 19.2 Å². The monoisotopic (exact) mass is 1190 g/mol. The van der Waals surface area contributed by atoms with Crippen LogP contribution in [0.3, 0.4) is 0 Å². The second-order valence-electron chi connectivity index (χ2n) is 19.4. The minimum absolute atomic E-state index is 0.381. The summed E-state index contributed by atoms with van der Waals surface area (Å²) in [6.45, 7) is 15.1. The Morgan fingerprint density at radius 3 is 0.900 bits per heavy atom. The largest absolute Gasteiger partial charge is 0.500 e. The molecule has 19 heteroatoms. The van der Waals surface area contributed by atoms with E-state index in [1.165, 1.54) is 135 Å². The van der Waals surface area contributed by atoms with Crippen molar-refractivity contribution in [1.82, 2.24) is 0 Å². The zero-order valence-electron chi connectivity index (χ0n) is 52.3. The zero-order chi connectivity index (χ0) is 60.3. The van der Waals surface area contributed by atoms with Crippen molar-refractivity contribution < 1.29 is 74.5 Å². The van der Waals surface area contributed by atoms with Crippen LogP contribution >= 0.6 is 0 Å². The highest BCUT2D eigenvalue weighted by molar-refractivity contribution is 6.60. The SMILES string of the molecule is C=C(CCCCCCCCCOC(=O)/C=C/C(=O)OCCCCCCCCCCC[Si](OC)(OC)OC)[SiH2]OC.C=CCCCCCCCCCOC(=O)/C=C\C(=O)OCCCCCCCCCC=C.COOC.CO[SiH](C)OC. The average molecular weight is 1190 g/mol. The Bertz CT molecular complexity index is 1410. The van der Waals surface area contributed by atoms with Crippen LogP contribution in [-0.2, 0) is 74.5 Å². The van der Waals surface area contributed by atoms with Crippen molar-refractivity contribution in [1.29, 1.82) is 0 Å². The summed E-state index contributed by atoms with van der Waals surface area (Å²) >= 11 is 0. The molecule has 470 valence electrons. The molecule has 0 radical (unpaired) electrons. The summed E-state index contributed by atoms with van der Waals surface area (Å²) in [4.78, 5) is 54.8. The quantitative estimate of drug-likeness (QED) is 0.00820. The molecule has 0 atom stereocenters. The van der Waals surface area contributed by atoms with Gasteiger partial charge in [-0.1, -0.05) is 159 Å². The number of esters is 4. The fourth-order valence-corrected chi connectivity index (χ4v) is 10.5. The molecule has 0 saturated carbocycles. The van der Waals surface area contributed by atoms with Crippen molar-refractivity contribution in [3.63, 3.8) is 0 Å². The second-order valence-corrected chi connectivity index (χ2v) is 26.5. The molecule has 0 bridgehead atoms. The first-order valence-corrected chi connectivity index (χ1v) is 35.4.